The zero-order chi connectivity index (χ0) is 26.3. The molecule has 0 aromatic heterocycles. The monoisotopic (exact) mass is 535 g/mol. The first-order valence-corrected chi connectivity index (χ1v) is 13.9. The van der Waals surface area contributed by atoms with Crippen molar-refractivity contribution in [3.05, 3.63) is 65.2 Å². The molecule has 0 spiro atoms. The molecule has 0 bridgehead atoms. The summed E-state index contributed by atoms with van der Waals surface area (Å²) in [7, 11) is -4.10. The van der Waals surface area contributed by atoms with Crippen LogP contribution in [0.4, 0.5) is 4.79 Å². The molecule has 2 atom stereocenters. The number of rotatable bonds is 8. The fourth-order valence-electron chi connectivity index (χ4n) is 4.08. The predicted molar refractivity (Wildman–Crippen MR) is 139 cm³/mol. The highest BCUT2D eigenvalue weighted by Gasteiger charge is 2.38. The number of benzene rings is 2. The van der Waals surface area contributed by atoms with E-state index < -0.39 is 33.8 Å². The normalized spacial score (nSPS) is 17.7. The van der Waals surface area contributed by atoms with E-state index in [2.05, 4.69) is 10.6 Å². The summed E-state index contributed by atoms with van der Waals surface area (Å²) in [6.07, 6.45) is 1.53. The van der Waals surface area contributed by atoms with Gasteiger partial charge in [0, 0.05) is 18.1 Å². The van der Waals surface area contributed by atoms with Crippen molar-refractivity contribution in [1.82, 2.24) is 14.9 Å². The second-order valence-corrected chi connectivity index (χ2v) is 12.2. The number of nitrogens with one attached hydrogen (secondary N) is 2. The van der Waals surface area contributed by atoms with Crippen LogP contribution in [-0.2, 0) is 26.0 Å². The molecule has 196 valence electrons. The SMILES string of the molecule is CC(C)(C)OC(=O)N[C@@H](Cc1ccccc1)CN([C@@H]1CCCCNC1=O)S(=O)(=O)c1ccc(Cl)cc1. The van der Waals surface area contributed by atoms with E-state index in [9.17, 15) is 18.0 Å². The maximum Gasteiger partial charge on any atom is 0.407 e. The van der Waals surface area contributed by atoms with Gasteiger partial charge in [0.25, 0.3) is 0 Å². The molecule has 3 rings (SSSR count). The number of sulfonamides is 1. The van der Waals surface area contributed by atoms with Gasteiger partial charge in [0.1, 0.15) is 11.6 Å². The lowest BCUT2D eigenvalue weighted by atomic mass is 10.0. The standard InChI is InChI=1S/C26H34ClN3O5S/c1-26(2,3)35-25(32)29-21(17-19-9-5-4-6-10-19)18-30(23-11-7-8-16-28-24(23)31)36(33,34)22-14-12-20(27)13-15-22/h4-6,9-10,12-15,21,23H,7-8,11,16-18H2,1-3H3,(H,28,31)(H,29,32)/t21-,23+/m0/s1. The Balaban J connectivity index is 1.99. The average Bonchev–Trinajstić information content (AvgIpc) is 3.01. The highest BCUT2D eigenvalue weighted by molar-refractivity contribution is 7.89. The molecular weight excluding hydrogens is 502 g/mol. The summed E-state index contributed by atoms with van der Waals surface area (Å²) in [6, 6.07) is 13.7. The molecule has 1 fully saturated rings. The number of alkyl carbamates (subject to hydrolysis) is 1. The number of carbonyl (C=O) groups is 2. The van der Waals surface area contributed by atoms with Gasteiger partial charge in [-0.3, -0.25) is 4.79 Å². The fraction of sp³-hybridized carbons (Fsp3) is 0.462. The van der Waals surface area contributed by atoms with Crippen LogP contribution in [0.3, 0.4) is 0 Å². The molecule has 8 nitrogen and oxygen atoms in total. The third-order valence-electron chi connectivity index (χ3n) is 5.72. The molecule has 0 aliphatic carbocycles. The van der Waals surface area contributed by atoms with Crippen molar-refractivity contribution in [2.24, 2.45) is 0 Å². The summed E-state index contributed by atoms with van der Waals surface area (Å²) in [5.41, 5.74) is 0.185. The molecule has 1 heterocycles. The van der Waals surface area contributed by atoms with Gasteiger partial charge in [-0.1, -0.05) is 41.9 Å². The Morgan fingerprint density at radius 2 is 1.81 bits per heavy atom. The fourth-order valence-corrected chi connectivity index (χ4v) is 5.87. The molecule has 2 amide bonds. The van der Waals surface area contributed by atoms with Crippen LogP contribution < -0.4 is 10.6 Å². The van der Waals surface area contributed by atoms with Gasteiger partial charge in [0.2, 0.25) is 15.9 Å². The van der Waals surface area contributed by atoms with E-state index in [4.69, 9.17) is 16.3 Å². The van der Waals surface area contributed by atoms with Gasteiger partial charge >= 0.3 is 6.09 Å². The van der Waals surface area contributed by atoms with Crippen LogP contribution in [0.25, 0.3) is 0 Å². The van der Waals surface area contributed by atoms with Gasteiger partial charge in [0.05, 0.1) is 10.9 Å². The van der Waals surface area contributed by atoms with Gasteiger partial charge < -0.3 is 15.4 Å². The molecule has 0 unspecified atom stereocenters. The zero-order valence-corrected chi connectivity index (χ0v) is 22.4. The van der Waals surface area contributed by atoms with Crippen molar-refractivity contribution < 1.29 is 22.7 Å². The van der Waals surface area contributed by atoms with Crippen LogP contribution in [0.5, 0.6) is 0 Å². The molecule has 2 N–H and O–H groups in total. The van der Waals surface area contributed by atoms with Gasteiger partial charge in [-0.2, -0.15) is 4.31 Å². The van der Waals surface area contributed by atoms with Crippen molar-refractivity contribution in [2.45, 2.75) is 69.0 Å². The molecular formula is C26H34ClN3O5S. The average molecular weight is 536 g/mol. The van der Waals surface area contributed by atoms with E-state index in [-0.39, 0.29) is 17.3 Å². The van der Waals surface area contributed by atoms with Crippen molar-refractivity contribution in [3.63, 3.8) is 0 Å². The molecule has 2 aromatic carbocycles. The van der Waals surface area contributed by atoms with E-state index in [1.165, 1.54) is 28.6 Å². The number of amides is 2. The first kappa shape index (κ1) is 28.0. The number of hydrogen-bond acceptors (Lipinski definition) is 5. The van der Waals surface area contributed by atoms with E-state index >= 15 is 0 Å². The summed E-state index contributed by atoms with van der Waals surface area (Å²) in [5, 5.41) is 6.06. The van der Waals surface area contributed by atoms with Crippen molar-refractivity contribution >= 4 is 33.6 Å². The molecule has 1 saturated heterocycles. The molecule has 1 aliphatic rings. The summed E-state index contributed by atoms with van der Waals surface area (Å²) >= 11 is 5.99. The van der Waals surface area contributed by atoms with E-state index in [0.717, 1.165) is 12.0 Å². The van der Waals surface area contributed by atoms with Crippen LogP contribution in [0.2, 0.25) is 5.02 Å². The van der Waals surface area contributed by atoms with Crippen molar-refractivity contribution in [1.29, 1.82) is 0 Å². The van der Waals surface area contributed by atoms with E-state index in [1.54, 1.807) is 20.8 Å². The Morgan fingerprint density at radius 1 is 1.14 bits per heavy atom. The second kappa shape index (κ2) is 12.1. The number of nitrogens with zero attached hydrogens (tertiary/aromatic N) is 1. The Labute approximate surface area is 218 Å². The molecule has 0 radical (unpaired) electrons. The minimum Gasteiger partial charge on any atom is -0.444 e. The van der Waals surface area contributed by atoms with Crippen LogP contribution in [0, 0.1) is 0 Å². The van der Waals surface area contributed by atoms with E-state index in [0.29, 0.717) is 30.8 Å². The van der Waals surface area contributed by atoms with Crippen LogP contribution in [-0.4, -0.2) is 55.5 Å². The summed E-state index contributed by atoms with van der Waals surface area (Å²) in [5.74, 6) is -0.347. The van der Waals surface area contributed by atoms with Gasteiger partial charge in [-0.25, -0.2) is 13.2 Å². The molecule has 0 saturated carbocycles. The van der Waals surface area contributed by atoms with Crippen molar-refractivity contribution in [3.8, 4) is 0 Å². The highest BCUT2D eigenvalue weighted by Crippen LogP contribution is 2.25. The van der Waals surface area contributed by atoms with E-state index in [1.807, 2.05) is 30.3 Å². The van der Waals surface area contributed by atoms with Crippen LogP contribution in [0.1, 0.15) is 45.6 Å². The first-order chi connectivity index (χ1) is 17.0. The maximum absolute atomic E-state index is 13.9. The maximum atomic E-state index is 13.9. The van der Waals surface area contributed by atoms with Gasteiger partial charge in [0.15, 0.2) is 0 Å². The molecule has 1 aliphatic heterocycles. The second-order valence-electron chi connectivity index (χ2n) is 9.86. The largest absolute Gasteiger partial charge is 0.444 e. The smallest absolute Gasteiger partial charge is 0.407 e. The van der Waals surface area contributed by atoms with Gasteiger partial charge in [-0.15, -0.1) is 0 Å². The minimum absolute atomic E-state index is 0.0275. The number of hydrogen-bond donors (Lipinski definition) is 2. The third-order valence-corrected chi connectivity index (χ3v) is 7.86. The zero-order valence-electron chi connectivity index (χ0n) is 20.9. The number of ether oxygens (including phenoxy) is 1. The molecule has 2 aromatic rings. The Hall–Kier alpha value is -2.62. The summed E-state index contributed by atoms with van der Waals surface area (Å²) in [6.45, 7) is 5.65. The topological polar surface area (TPSA) is 105 Å². The quantitative estimate of drug-likeness (QED) is 0.528. The van der Waals surface area contributed by atoms with Gasteiger partial charge in [-0.05, 0) is 76.3 Å². The minimum atomic E-state index is -4.10. The number of halogens is 1. The number of carbonyl (C=O) groups excluding carboxylic acids is 2. The Morgan fingerprint density at radius 3 is 2.44 bits per heavy atom. The van der Waals surface area contributed by atoms with Crippen molar-refractivity contribution in [2.75, 3.05) is 13.1 Å². The lowest BCUT2D eigenvalue weighted by Gasteiger charge is -2.33. The third kappa shape index (κ3) is 7.94. The highest BCUT2D eigenvalue weighted by atomic mass is 35.5. The molecule has 10 heteroatoms. The molecule has 36 heavy (non-hydrogen) atoms. The predicted octanol–water partition coefficient (Wildman–Crippen LogP) is 4.14. The summed E-state index contributed by atoms with van der Waals surface area (Å²) in [4.78, 5) is 25.7. The van der Waals surface area contributed by atoms with Crippen LogP contribution >= 0.6 is 11.6 Å². The Kier molecular flexibility index (Phi) is 9.38. The lowest BCUT2D eigenvalue weighted by molar-refractivity contribution is -0.124. The first-order valence-electron chi connectivity index (χ1n) is 12.0. The lowest BCUT2D eigenvalue weighted by Crippen LogP contribution is -2.54. The van der Waals surface area contributed by atoms with Crippen LogP contribution in [0.15, 0.2) is 59.5 Å². The Bertz CT molecular complexity index is 1130. The summed E-state index contributed by atoms with van der Waals surface area (Å²) < 4.78 is 34.4.